The molecule has 2 aromatic rings. The van der Waals surface area contributed by atoms with Gasteiger partial charge in [-0.15, -0.1) is 0 Å². The number of halogens is 1. The van der Waals surface area contributed by atoms with Crippen LogP contribution in [0.25, 0.3) is 11.3 Å². The first-order valence-corrected chi connectivity index (χ1v) is 6.25. The third-order valence-electron chi connectivity index (χ3n) is 3.32. The van der Waals surface area contributed by atoms with Gasteiger partial charge in [-0.3, -0.25) is 0 Å². The highest BCUT2D eigenvalue weighted by atomic mass is 19.1. The number of piperidine rings is 1. The standard InChI is InChI=1S/C14H15FN2O/c15-12-6-2-1-5-11(12)13-9-18-14(17-13)10-4-3-7-16-8-10/h1-2,5-6,9-10,16H,3-4,7-8H2/t10-/m0/s1. The molecular formula is C14H15FN2O. The Bertz CT molecular complexity index is 532. The Kier molecular flexibility index (Phi) is 3.11. The summed E-state index contributed by atoms with van der Waals surface area (Å²) in [7, 11) is 0. The molecule has 0 spiro atoms. The fourth-order valence-electron chi connectivity index (χ4n) is 2.33. The molecule has 0 aliphatic carbocycles. The second kappa shape index (κ2) is 4.90. The number of hydrogen-bond donors (Lipinski definition) is 1. The van der Waals surface area contributed by atoms with Crippen LogP contribution < -0.4 is 5.32 Å². The number of oxazole rings is 1. The van der Waals surface area contributed by atoms with Crippen LogP contribution in [0.2, 0.25) is 0 Å². The van der Waals surface area contributed by atoms with Crippen molar-refractivity contribution in [3.63, 3.8) is 0 Å². The maximum Gasteiger partial charge on any atom is 0.198 e. The van der Waals surface area contributed by atoms with Crippen LogP contribution in [0, 0.1) is 5.82 Å². The van der Waals surface area contributed by atoms with E-state index in [4.69, 9.17) is 4.42 Å². The lowest BCUT2D eigenvalue weighted by atomic mass is 10.00. The predicted octanol–water partition coefficient (Wildman–Crippen LogP) is 2.95. The molecule has 1 saturated heterocycles. The molecule has 94 valence electrons. The molecule has 18 heavy (non-hydrogen) atoms. The van der Waals surface area contributed by atoms with Crippen molar-refractivity contribution >= 4 is 0 Å². The molecule has 4 heteroatoms. The summed E-state index contributed by atoms with van der Waals surface area (Å²) in [5.41, 5.74) is 1.07. The van der Waals surface area contributed by atoms with Gasteiger partial charge >= 0.3 is 0 Å². The minimum Gasteiger partial charge on any atom is -0.448 e. The topological polar surface area (TPSA) is 38.1 Å². The highest BCUT2D eigenvalue weighted by Gasteiger charge is 2.21. The number of hydrogen-bond acceptors (Lipinski definition) is 3. The Morgan fingerprint density at radius 3 is 3.00 bits per heavy atom. The molecule has 1 aromatic heterocycles. The van der Waals surface area contributed by atoms with Gasteiger partial charge in [-0.25, -0.2) is 9.37 Å². The van der Waals surface area contributed by atoms with Crippen LogP contribution >= 0.6 is 0 Å². The summed E-state index contributed by atoms with van der Waals surface area (Å²) in [4.78, 5) is 4.42. The second-order valence-electron chi connectivity index (χ2n) is 4.59. The van der Waals surface area contributed by atoms with E-state index in [9.17, 15) is 4.39 Å². The molecule has 1 aliphatic heterocycles. The highest BCUT2D eigenvalue weighted by Crippen LogP contribution is 2.27. The van der Waals surface area contributed by atoms with E-state index in [0.29, 0.717) is 23.1 Å². The van der Waals surface area contributed by atoms with Crippen LogP contribution in [0.1, 0.15) is 24.7 Å². The third-order valence-corrected chi connectivity index (χ3v) is 3.32. The minimum atomic E-state index is -0.265. The fraction of sp³-hybridized carbons (Fsp3) is 0.357. The molecule has 0 amide bonds. The first-order chi connectivity index (χ1) is 8.84. The summed E-state index contributed by atoms with van der Waals surface area (Å²) in [5, 5.41) is 3.32. The van der Waals surface area contributed by atoms with E-state index in [1.165, 1.54) is 6.07 Å². The van der Waals surface area contributed by atoms with E-state index in [0.717, 1.165) is 25.9 Å². The number of nitrogens with zero attached hydrogens (tertiary/aromatic N) is 1. The molecule has 1 aliphatic rings. The van der Waals surface area contributed by atoms with Crippen LogP contribution in [0.5, 0.6) is 0 Å². The van der Waals surface area contributed by atoms with Gasteiger partial charge in [0.15, 0.2) is 5.89 Å². The average Bonchev–Trinajstić information content (AvgIpc) is 2.90. The van der Waals surface area contributed by atoms with E-state index < -0.39 is 0 Å². The lowest BCUT2D eigenvalue weighted by Crippen LogP contribution is -2.28. The van der Waals surface area contributed by atoms with Crippen molar-refractivity contribution in [2.75, 3.05) is 13.1 Å². The van der Waals surface area contributed by atoms with Crippen molar-refractivity contribution in [3.8, 4) is 11.3 Å². The maximum atomic E-state index is 13.6. The van der Waals surface area contributed by atoms with Crippen molar-refractivity contribution in [3.05, 3.63) is 42.2 Å². The van der Waals surface area contributed by atoms with Crippen molar-refractivity contribution in [1.82, 2.24) is 10.3 Å². The number of aromatic nitrogens is 1. The Labute approximate surface area is 105 Å². The van der Waals surface area contributed by atoms with Gasteiger partial charge in [0.05, 0.1) is 0 Å². The van der Waals surface area contributed by atoms with Crippen molar-refractivity contribution in [1.29, 1.82) is 0 Å². The van der Waals surface area contributed by atoms with Gasteiger partial charge in [0.1, 0.15) is 17.8 Å². The summed E-state index contributed by atoms with van der Waals surface area (Å²) in [5.74, 6) is 0.749. The van der Waals surface area contributed by atoms with Gasteiger partial charge in [-0.1, -0.05) is 12.1 Å². The van der Waals surface area contributed by atoms with E-state index in [1.807, 2.05) is 0 Å². The maximum absolute atomic E-state index is 13.6. The van der Waals surface area contributed by atoms with E-state index in [-0.39, 0.29) is 5.82 Å². The molecule has 0 radical (unpaired) electrons. The lowest BCUT2D eigenvalue weighted by molar-refractivity contribution is 0.376. The monoisotopic (exact) mass is 246 g/mol. The van der Waals surface area contributed by atoms with Gasteiger partial charge in [0, 0.05) is 18.0 Å². The predicted molar refractivity (Wildman–Crippen MR) is 66.7 cm³/mol. The molecule has 1 atom stereocenters. The molecule has 1 N–H and O–H groups in total. The van der Waals surface area contributed by atoms with Crippen LogP contribution in [-0.2, 0) is 0 Å². The number of nitrogens with one attached hydrogen (secondary N) is 1. The molecule has 3 nitrogen and oxygen atoms in total. The zero-order valence-electron chi connectivity index (χ0n) is 10.0. The van der Waals surface area contributed by atoms with E-state index in [2.05, 4.69) is 10.3 Å². The summed E-state index contributed by atoms with van der Waals surface area (Å²) >= 11 is 0. The number of benzene rings is 1. The average molecular weight is 246 g/mol. The van der Waals surface area contributed by atoms with Gasteiger partial charge in [-0.05, 0) is 31.5 Å². The van der Waals surface area contributed by atoms with Crippen LogP contribution in [-0.4, -0.2) is 18.1 Å². The SMILES string of the molecule is Fc1ccccc1-c1coc([C@H]2CCCNC2)n1. The zero-order chi connectivity index (χ0) is 12.4. The Balaban J connectivity index is 1.87. The molecular weight excluding hydrogens is 231 g/mol. The van der Waals surface area contributed by atoms with E-state index in [1.54, 1.807) is 24.5 Å². The Morgan fingerprint density at radius 1 is 1.33 bits per heavy atom. The molecule has 1 fully saturated rings. The molecule has 1 aromatic carbocycles. The van der Waals surface area contributed by atoms with Crippen LogP contribution in [0.15, 0.2) is 34.9 Å². The number of rotatable bonds is 2. The molecule has 0 bridgehead atoms. The Hall–Kier alpha value is -1.68. The molecule has 0 saturated carbocycles. The smallest absolute Gasteiger partial charge is 0.198 e. The normalized spacial score (nSPS) is 19.9. The summed E-state index contributed by atoms with van der Waals surface area (Å²) < 4.78 is 19.1. The zero-order valence-corrected chi connectivity index (χ0v) is 10.0. The highest BCUT2D eigenvalue weighted by molar-refractivity contribution is 5.58. The van der Waals surface area contributed by atoms with Gasteiger partial charge in [-0.2, -0.15) is 0 Å². The summed E-state index contributed by atoms with van der Waals surface area (Å²) in [6.45, 7) is 1.94. The van der Waals surface area contributed by atoms with Crippen LogP contribution in [0.4, 0.5) is 4.39 Å². The van der Waals surface area contributed by atoms with Gasteiger partial charge < -0.3 is 9.73 Å². The van der Waals surface area contributed by atoms with Crippen molar-refractivity contribution in [2.45, 2.75) is 18.8 Å². The van der Waals surface area contributed by atoms with E-state index >= 15 is 0 Å². The summed E-state index contributed by atoms with van der Waals surface area (Å²) in [6, 6.07) is 6.63. The fourth-order valence-corrected chi connectivity index (χ4v) is 2.33. The van der Waals surface area contributed by atoms with Crippen molar-refractivity contribution in [2.24, 2.45) is 0 Å². The minimum absolute atomic E-state index is 0.265. The first-order valence-electron chi connectivity index (χ1n) is 6.25. The summed E-state index contributed by atoms with van der Waals surface area (Å²) in [6.07, 6.45) is 3.74. The van der Waals surface area contributed by atoms with Gasteiger partial charge in [0.25, 0.3) is 0 Å². The lowest BCUT2D eigenvalue weighted by Gasteiger charge is -2.19. The first kappa shape index (κ1) is 11.4. The van der Waals surface area contributed by atoms with Crippen molar-refractivity contribution < 1.29 is 8.81 Å². The molecule has 0 unspecified atom stereocenters. The molecule has 3 rings (SSSR count). The third kappa shape index (κ3) is 2.16. The quantitative estimate of drug-likeness (QED) is 0.885. The van der Waals surface area contributed by atoms with Gasteiger partial charge in [0.2, 0.25) is 0 Å². The Morgan fingerprint density at radius 2 is 2.22 bits per heavy atom. The molecule has 2 heterocycles. The second-order valence-corrected chi connectivity index (χ2v) is 4.59. The van der Waals surface area contributed by atoms with Crippen LogP contribution in [0.3, 0.4) is 0 Å². The largest absolute Gasteiger partial charge is 0.448 e.